The fraction of sp³-hybridized carbons (Fsp3) is 0.129. The number of amides is 1. The number of hydrogen-bond acceptors (Lipinski definition) is 7. The number of phenolic OH excluding ortho intramolecular Hbond substituents is 2. The van der Waals surface area contributed by atoms with Crippen LogP contribution in [0.1, 0.15) is 22.7 Å². The van der Waals surface area contributed by atoms with E-state index in [-0.39, 0.29) is 23.0 Å². The molecule has 3 N–H and O–H groups in total. The van der Waals surface area contributed by atoms with Gasteiger partial charge in [0.15, 0.2) is 34.6 Å². The van der Waals surface area contributed by atoms with Gasteiger partial charge in [-0.3, -0.25) is 14.4 Å². The molecule has 0 aliphatic rings. The van der Waals surface area contributed by atoms with Crippen molar-refractivity contribution in [3.8, 4) is 23.0 Å². The van der Waals surface area contributed by atoms with Crippen molar-refractivity contribution in [3.05, 3.63) is 108 Å². The second-order valence-corrected chi connectivity index (χ2v) is 8.41. The van der Waals surface area contributed by atoms with Gasteiger partial charge in [0.05, 0.1) is 20.3 Å². The van der Waals surface area contributed by atoms with E-state index in [9.17, 15) is 24.6 Å². The number of carbonyl (C=O) groups excluding carboxylic acids is 3. The Morgan fingerprint density at radius 2 is 1.28 bits per heavy atom. The lowest BCUT2D eigenvalue weighted by molar-refractivity contribution is -0.129. The molecule has 0 aliphatic carbocycles. The van der Waals surface area contributed by atoms with E-state index in [1.807, 2.05) is 0 Å². The highest BCUT2D eigenvalue weighted by atomic mass is 16.5. The number of rotatable bonds is 12. The molecule has 3 aromatic carbocycles. The summed E-state index contributed by atoms with van der Waals surface area (Å²) in [7, 11) is 2.82. The van der Waals surface area contributed by atoms with Gasteiger partial charge in [0.2, 0.25) is 5.91 Å². The zero-order chi connectivity index (χ0) is 28.4. The minimum atomic E-state index is -1.32. The second-order valence-electron chi connectivity index (χ2n) is 8.41. The zero-order valence-electron chi connectivity index (χ0n) is 21.5. The number of nitrogens with one attached hydrogen (secondary N) is 1. The molecule has 3 rings (SSSR count). The average molecular weight is 528 g/mol. The number of hydrogen-bond donors (Lipinski definition) is 3. The second kappa shape index (κ2) is 13.4. The summed E-state index contributed by atoms with van der Waals surface area (Å²) >= 11 is 0. The van der Waals surface area contributed by atoms with Gasteiger partial charge in [0.25, 0.3) is 0 Å². The number of aromatic hydroxyl groups is 2. The summed E-state index contributed by atoms with van der Waals surface area (Å²) in [6.07, 6.45) is 6.57. The molecule has 0 bridgehead atoms. The predicted octanol–water partition coefficient (Wildman–Crippen LogP) is 4.64. The molecule has 3 aromatic rings. The molecule has 200 valence electrons. The Morgan fingerprint density at radius 1 is 0.795 bits per heavy atom. The van der Waals surface area contributed by atoms with Crippen LogP contribution in [0.15, 0.2) is 91.5 Å². The number of phenols is 2. The van der Waals surface area contributed by atoms with Crippen LogP contribution in [0.4, 0.5) is 0 Å². The van der Waals surface area contributed by atoms with Crippen molar-refractivity contribution in [2.75, 3.05) is 14.2 Å². The van der Waals surface area contributed by atoms with E-state index in [1.54, 1.807) is 54.6 Å². The maximum Gasteiger partial charge on any atom is 0.243 e. The third-order valence-electron chi connectivity index (χ3n) is 5.88. The third kappa shape index (κ3) is 7.45. The summed E-state index contributed by atoms with van der Waals surface area (Å²) in [5, 5.41) is 22.4. The number of ketones is 2. The molecule has 0 saturated heterocycles. The Balaban J connectivity index is 2.02. The van der Waals surface area contributed by atoms with E-state index < -0.39 is 29.4 Å². The van der Waals surface area contributed by atoms with E-state index in [4.69, 9.17) is 9.47 Å². The van der Waals surface area contributed by atoms with Gasteiger partial charge in [0.1, 0.15) is 5.92 Å². The van der Waals surface area contributed by atoms with Gasteiger partial charge < -0.3 is 25.0 Å². The highest BCUT2D eigenvalue weighted by Gasteiger charge is 2.34. The van der Waals surface area contributed by atoms with Crippen molar-refractivity contribution in [1.29, 1.82) is 0 Å². The standard InChI is InChI=1S/C31H29NO7/c1-4-29(37)32-31(22-8-6-5-7-9-22)30(25(35)16-12-20-10-14-23(33)27(18-20)38-2)26(36)17-13-21-11-15-24(34)28(19-21)39-3/h4-19,30-31,33-34H,1H2,2-3H3,(H,32,37)/b16-12+,17-13+. The van der Waals surface area contributed by atoms with Crippen LogP contribution in [0.25, 0.3) is 12.2 Å². The summed E-state index contributed by atoms with van der Waals surface area (Å²) in [6, 6.07) is 16.8. The molecule has 0 aliphatic heterocycles. The zero-order valence-corrected chi connectivity index (χ0v) is 21.5. The van der Waals surface area contributed by atoms with Gasteiger partial charge in [0, 0.05) is 0 Å². The lowest BCUT2D eigenvalue weighted by atomic mass is 9.85. The van der Waals surface area contributed by atoms with Crippen LogP contribution >= 0.6 is 0 Å². The highest BCUT2D eigenvalue weighted by Crippen LogP contribution is 2.30. The van der Waals surface area contributed by atoms with Crippen molar-refractivity contribution in [2.45, 2.75) is 6.04 Å². The molecule has 1 amide bonds. The summed E-state index contributed by atoms with van der Waals surface area (Å²) in [6.45, 7) is 3.48. The molecular weight excluding hydrogens is 498 g/mol. The van der Waals surface area contributed by atoms with Gasteiger partial charge in [-0.2, -0.15) is 0 Å². The number of allylic oxidation sites excluding steroid dienone is 2. The summed E-state index contributed by atoms with van der Waals surface area (Å²) in [5.74, 6) is -2.63. The number of benzene rings is 3. The first-order chi connectivity index (χ1) is 18.8. The largest absolute Gasteiger partial charge is 0.504 e. The van der Waals surface area contributed by atoms with E-state index in [1.165, 1.54) is 50.7 Å². The van der Waals surface area contributed by atoms with E-state index in [0.717, 1.165) is 6.08 Å². The van der Waals surface area contributed by atoms with Crippen molar-refractivity contribution < 1.29 is 34.1 Å². The van der Waals surface area contributed by atoms with E-state index in [2.05, 4.69) is 11.9 Å². The molecule has 8 heteroatoms. The SMILES string of the molecule is C=CC(=O)NC(c1ccccc1)C(C(=O)/C=C/c1ccc(O)c(OC)c1)C(=O)/C=C/c1ccc(O)c(OC)c1. The normalized spacial score (nSPS) is 11.9. The topological polar surface area (TPSA) is 122 Å². The van der Waals surface area contributed by atoms with Gasteiger partial charge >= 0.3 is 0 Å². The first-order valence-corrected chi connectivity index (χ1v) is 11.9. The monoisotopic (exact) mass is 527 g/mol. The summed E-state index contributed by atoms with van der Waals surface area (Å²) < 4.78 is 10.2. The van der Waals surface area contributed by atoms with Gasteiger partial charge in [-0.1, -0.05) is 61.2 Å². The van der Waals surface area contributed by atoms with Crippen LogP contribution in [-0.4, -0.2) is 41.9 Å². The molecule has 1 atom stereocenters. The number of methoxy groups -OCH3 is 2. The Kier molecular flexibility index (Phi) is 9.81. The van der Waals surface area contributed by atoms with Crippen molar-refractivity contribution in [2.24, 2.45) is 5.92 Å². The maximum atomic E-state index is 13.6. The van der Waals surface area contributed by atoms with E-state index in [0.29, 0.717) is 16.7 Å². The first kappa shape index (κ1) is 28.5. The summed E-state index contributed by atoms with van der Waals surface area (Å²) in [5.41, 5.74) is 1.67. The molecule has 8 nitrogen and oxygen atoms in total. The minimum absolute atomic E-state index is 0.0543. The molecule has 1 unspecified atom stereocenters. The van der Waals surface area contributed by atoms with Crippen LogP contribution in [-0.2, 0) is 14.4 Å². The summed E-state index contributed by atoms with van der Waals surface area (Å²) in [4.78, 5) is 39.5. The molecule has 0 aromatic heterocycles. The Morgan fingerprint density at radius 3 is 1.72 bits per heavy atom. The smallest absolute Gasteiger partial charge is 0.243 e. The van der Waals surface area contributed by atoms with Gasteiger partial charge in [-0.25, -0.2) is 0 Å². The van der Waals surface area contributed by atoms with Crippen LogP contribution < -0.4 is 14.8 Å². The Hall–Kier alpha value is -5.11. The van der Waals surface area contributed by atoms with Crippen LogP contribution in [0.2, 0.25) is 0 Å². The minimum Gasteiger partial charge on any atom is -0.504 e. The average Bonchev–Trinajstić information content (AvgIpc) is 2.96. The van der Waals surface area contributed by atoms with Crippen LogP contribution in [0.3, 0.4) is 0 Å². The molecule has 39 heavy (non-hydrogen) atoms. The quantitative estimate of drug-likeness (QED) is 0.232. The van der Waals surface area contributed by atoms with Crippen LogP contribution in [0, 0.1) is 5.92 Å². The van der Waals surface area contributed by atoms with Gasteiger partial charge in [-0.15, -0.1) is 0 Å². The first-order valence-electron chi connectivity index (χ1n) is 11.9. The van der Waals surface area contributed by atoms with Crippen molar-refractivity contribution >= 4 is 29.6 Å². The van der Waals surface area contributed by atoms with Gasteiger partial charge in [-0.05, 0) is 59.2 Å². The van der Waals surface area contributed by atoms with Crippen molar-refractivity contribution in [1.82, 2.24) is 5.32 Å². The van der Waals surface area contributed by atoms with Crippen LogP contribution in [0.5, 0.6) is 23.0 Å². The molecular formula is C31H29NO7. The third-order valence-corrected chi connectivity index (χ3v) is 5.88. The predicted molar refractivity (Wildman–Crippen MR) is 148 cm³/mol. The Bertz CT molecular complexity index is 1330. The molecule has 0 spiro atoms. The lowest BCUT2D eigenvalue weighted by Gasteiger charge is -2.25. The lowest BCUT2D eigenvalue weighted by Crippen LogP contribution is -2.39. The maximum absolute atomic E-state index is 13.6. The molecule has 0 fully saturated rings. The fourth-order valence-corrected chi connectivity index (χ4v) is 3.86. The van der Waals surface area contributed by atoms with E-state index >= 15 is 0 Å². The molecule has 0 radical (unpaired) electrons. The highest BCUT2D eigenvalue weighted by molar-refractivity contribution is 6.14. The Labute approximate surface area is 226 Å². The fourth-order valence-electron chi connectivity index (χ4n) is 3.86. The number of ether oxygens (including phenoxy) is 2. The van der Waals surface area contributed by atoms with Crippen molar-refractivity contribution in [3.63, 3.8) is 0 Å². The molecule has 0 heterocycles. The molecule has 0 saturated carbocycles. The number of carbonyl (C=O) groups is 3.